The van der Waals surface area contributed by atoms with Crippen molar-refractivity contribution in [3.63, 3.8) is 0 Å². The number of aryl methyl sites for hydroxylation is 2. The molecule has 12 rings (SSSR count). The smallest absolute Gasteiger partial charge is 0.415 e. The number of ether oxygens (including phenoxy) is 3. The van der Waals surface area contributed by atoms with E-state index in [9.17, 15) is 28.8 Å². The van der Waals surface area contributed by atoms with Gasteiger partial charge in [-0.05, 0) is 97.8 Å². The van der Waals surface area contributed by atoms with Crippen LogP contribution in [-0.2, 0) is 25.4 Å². The number of aldehydes is 1. The van der Waals surface area contributed by atoms with Crippen LogP contribution < -0.4 is 47.9 Å². The van der Waals surface area contributed by atoms with Crippen molar-refractivity contribution in [2.75, 3.05) is 63.8 Å². The quantitative estimate of drug-likeness (QED) is 0.0544. The van der Waals surface area contributed by atoms with Gasteiger partial charge in [0.15, 0.2) is 0 Å². The molecule has 25 nitrogen and oxygen atoms in total. The van der Waals surface area contributed by atoms with Gasteiger partial charge in [0, 0.05) is 150 Å². The third-order valence-corrected chi connectivity index (χ3v) is 15.6. The Morgan fingerprint density at radius 1 is 0.576 bits per heavy atom. The summed E-state index contributed by atoms with van der Waals surface area (Å²) >= 11 is 0. The van der Waals surface area contributed by atoms with Gasteiger partial charge in [-0.1, -0.05) is 72.8 Å². The van der Waals surface area contributed by atoms with Gasteiger partial charge in [-0.25, -0.2) is 24.4 Å². The number of pyridine rings is 2. The normalized spacial score (nSPS) is 16.2. The fraction of sp³-hybridized carbons (Fsp3) is 0.313. The van der Waals surface area contributed by atoms with Crippen LogP contribution in [0.1, 0.15) is 70.3 Å². The number of aromatic nitrogens is 6. The Bertz CT molecular complexity index is 3930. The Morgan fingerprint density at radius 3 is 1.47 bits per heavy atom. The molecule has 4 aliphatic heterocycles. The molecular weight excluding hydrogens is 1170 g/mol. The summed E-state index contributed by atoms with van der Waals surface area (Å²) in [6.45, 7) is 11.2. The first-order valence-electron chi connectivity index (χ1n) is 30.3. The molecule has 4 fully saturated rings. The summed E-state index contributed by atoms with van der Waals surface area (Å²) in [4.78, 5) is 87.1. The zero-order chi connectivity index (χ0) is 65.1. The highest BCUT2D eigenvalue weighted by atomic mass is 16.6. The average molecular weight is 1250 g/mol. The van der Waals surface area contributed by atoms with Crippen molar-refractivity contribution < 1.29 is 43.0 Å². The summed E-state index contributed by atoms with van der Waals surface area (Å²) in [5.41, 5.74) is 26.4. The Kier molecular flexibility index (Phi) is 20.3. The Balaban J connectivity index is 0.000000171. The van der Waals surface area contributed by atoms with Gasteiger partial charge in [0.1, 0.15) is 35.0 Å². The van der Waals surface area contributed by atoms with E-state index in [0.717, 1.165) is 70.4 Å². The lowest BCUT2D eigenvalue weighted by Crippen LogP contribution is -2.58. The van der Waals surface area contributed by atoms with Crippen molar-refractivity contribution in [1.29, 1.82) is 0 Å². The number of likely N-dealkylation sites (tertiary alicyclic amines) is 3. The van der Waals surface area contributed by atoms with Gasteiger partial charge in [-0.15, -0.1) is 0 Å². The standard InChI is InChI=1S/C31H34N8O3.C28H26N6O4.C8H16N2O2/c1-38-18-24(15-36-38)23-12-28(29(32)35-14-23)30(40)37-25-9-10-39(19-25)31(41)42-27-4-2-3-22(11-27)21-7-5-20(6-8-21)13-34-26-16-33-17-26;1-33-15-22(14-31-33)21-12-25(26(29)30-13-21)27(36)32-23-9-10-34(16-23)28(37)38-24-4-2-3-20(11-24)19-7-5-18(17-35)6-8-19;1-8(2,3)12-7(11)10-4-6(9)5-10/h2-8,11-12,14-15,18,25-26,33-34H,9-10,13,16-17,19H2,1H3,(H2,32,35)(H,37,40);2-8,11-15,17,23H,9-10,16H2,1H3,(H2,29,30)(H,32,36);6H,4-5,9H2,1-3H3/t25-;23-;/m11./s1. The van der Waals surface area contributed by atoms with Crippen LogP contribution in [0.5, 0.6) is 11.5 Å². The van der Waals surface area contributed by atoms with E-state index in [4.69, 9.17) is 31.4 Å². The maximum atomic E-state index is 13.1. The lowest BCUT2D eigenvalue weighted by molar-refractivity contribution is 0.00879. The number of anilines is 2. The van der Waals surface area contributed by atoms with Gasteiger partial charge >= 0.3 is 18.3 Å². The van der Waals surface area contributed by atoms with Crippen molar-refractivity contribution in [3.05, 3.63) is 169 Å². The number of nitrogens with zero attached hydrogens (tertiary/aromatic N) is 9. The van der Waals surface area contributed by atoms with E-state index in [2.05, 4.69) is 65.7 Å². The van der Waals surface area contributed by atoms with Crippen molar-refractivity contribution in [1.82, 2.24) is 65.5 Å². The number of carbonyl (C=O) groups excluding carboxylic acids is 6. The van der Waals surface area contributed by atoms with Crippen LogP contribution in [-0.4, -0.2) is 163 Å². The molecule has 0 saturated carbocycles. The van der Waals surface area contributed by atoms with Crippen LogP contribution in [0.3, 0.4) is 0 Å². The third-order valence-electron chi connectivity index (χ3n) is 15.6. The first-order chi connectivity index (χ1) is 44.2. The summed E-state index contributed by atoms with van der Waals surface area (Å²) in [5.74, 6) is 0.469. The summed E-state index contributed by atoms with van der Waals surface area (Å²) in [6, 6.07) is 33.8. The predicted octanol–water partition coefficient (Wildman–Crippen LogP) is 6.91. The second-order valence-corrected chi connectivity index (χ2v) is 24.0. The number of hydrogen-bond donors (Lipinski definition) is 7. The summed E-state index contributed by atoms with van der Waals surface area (Å²) in [7, 11) is 3.63. The molecule has 4 aromatic carbocycles. The Morgan fingerprint density at radius 2 is 1.05 bits per heavy atom. The summed E-state index contributed by atoms with van der Waals surface area (Å²) in [6.07, 6.45) is 11.1. The molecular formula is C67H76N16O9. The Labute approximate surface area is 532 Å². The first-order valence-corrected chi connectivity index (χ1v) is 30.3. The second-order valence-electron chi connectivity index (χ2n) is 24.0. The summed E-state index contributed by atoms with van der Waals surface area (Å²) in [5, 5.41) is 21.1. The van der Waals surface area contributed by atoms with Crippen molar-refractivity contribution >= 4 is 48.0 Å². The van der Waals surface area contributed by atoms with E-state index in [-0.39, 0.29) is 58.8 Å². The van der Waals surface area contributed by atoms with E-state index in [1.54, 1.807) is 97.4 Å². The average Bonchev–Trinajstić information content (AvgIpc) is 1.67. The molecule has 478 valence electrons. The van der Waals surface area contributed by atoms with Gasteiger partial charge in [-0.2, -0.15) is 10.2 Å². The van der Waals surface area contributed by atoms with Crippen molar-refractivity contribution in [2.24, 2.45) is 19.8 Å². The van der Waals surface area contributed by atoms with Crippen LogP contribution in [0, 0.1) is 0 Å². The van der Waals surface area contributed by atoms with Crippen molar-refractivity contribution in [3.8, 4) is 56.0 Å². The number of benzene rings is 4. The second kappa shape index (κ2) is 29.0. The highest BCUT2D eigenvalue weighted by molar-refractivity contribution is 6.00. The number of amides is 5. The molecule has 0 unspecified atom stereocenters. The minimum absolute atomic E-state index is 0.130. The maximum absolute atomic E-state index is 13.1. The number of hydrogen-bond acceptors (Lipinski definition) is 18. The lowest BCUT2D eigenvalue weighted by atomic mass is 10.0. The SMILES string of the molecule is CC(C)(C)OC(=O)N1CC(N)C1.Cn1cc(-c2cnc(N)c(C(=O)N[C@@H]3CCN(C(=O)Oc4cccc(-c5ccc(C=O)cc5)c4)C3)c2)cn1.Cn1cc(-c2cnc(N)c(C(=O)N[C@@H]3CCN(C(=O)Oc4cccc(-c5ccc(CNC6CNC6)cc5)c4)C3)c2)cn1. The molecule has 8 heterocycles. The summed E-state index contributed by atoms with van der Waals surface area (Å²) < 4.78 is 19.8. The molecule has 8 aromatic rings. The van der Waals surface area contributed by atoms with E-state index in [0.29, 0.717) is 75.2 Å². The Hall–Kier alpha value is -10.5. The van der Waals surface area contributed by atoms with E-state index in [1.165, 1.54) is 5.56 Å². The van der Waals surface area contributed by atoms with Crippen molar-refractivity contribution in [2.45, 2.75) is 69.9 Å². The van der Waals surface area contributed by atoms with Gasteiger partial charge < -0.3 is 67.4 Å². The van der Waals surface area contributed by atoms with E-state index < -0.39 is 17.8 Å². The monoisotopic (exact) mass is 1250 g/mol. The molecule has 10 N–H and O–H groups in total. The van der Waals surface area contributed by atoms with Crippen LogP contribution in [0.2, 0.25) is 0 Å². The minimum atomic E-state index is -0.491. The highest BCUT2D eigenvalue weighted by Gasteiger charge is 2.33. The van der Waals surface area contributed by atoms with E-state index in [1.807, 2.05) is 83.7 Å². The fourth-order valence-electron chi connectivity index (χ4n) is 10.4. The molecule has 2 atom stereocenters. The molecule has 4 aromatic heterocycles. The largest absolute Gasteiger partial charge is 0.444 e. The highest BCUT2D eigenvalue weighted by Crippen LogP contribution is 2.29. The van der Waals surface area contributed by atoms with Crippen LogP contribution >= 0.6 is 0 Å². The molecule has 0 bridgehead atoms. The molecule has 0 aliphatic carbocycles. The lowest BCUT2D eigenvalue weighted by Gasteiger charge is -2.37. The molecule has 4 saturated heterocycles. The third kappa shape index (κ3) is 17.1. The minimum Gasteiger partial charge on any atom is -0.444 e. The number of rotatable bonds is 14. The van der Waals surface area contributed by atoms with Gasteiger partial charge in [-0.3, -0.25) is 23.7 Å². The van der Waals surface area contributed by atoms with Crippen LogP contribution in [0.15, 0.2) is 146 Å². The van der Waals surface area contributed by atoms with Crippen LogP contribution in [0.4, 0.5) is 26.0 Å². The maximum Gasteiger partial charge on any atom is 0.415 e. The van der Waals surface area contributed by atoms with Gasteiger partial charge in [0.2, 0.25) is 0 Å². The van der Waals surface area contributed by atoms with Crippen LogP contribution in [0.25, 0.3) is 44.5 Å². The van der Waals surface area contributed by atoms with Gasteiger partial charge in [0.25, 0.3) is 11.8 Å². The number of carbonyl (C=O) groups is 6. The van der Waals surface area contributed by atoms with Gasteiger partial charge in [0.05, 0.1) is 23.5 Å². The first kappa shape index (κ1) is 64.5. The zero-order valence-electron chi connectivity index (χ0n) is 52.0. The zero-order valence-corrected chi connectivity index (χ0v) is 52.0. The predicted molar refractivity (Wildman–Crippen MR) is 347 cm³/mol. The molecule has 0 spiro atoms. The molecule has 5 amide bonds. The number of nitrogen functional groups attached to an aromatic ring is 2. The number of nitrogens with one attached hydrogen (secondary N) is 4. The fourth-order valence-corrected chi connectivity index (χ4v) is 10.4. The molecule has 4 aliphatic rings. The number of nitrogens with two attached hydrogens (primary N) is 3. The molecule has 92 heavy (non-hydrogen) atoms. The molecule has 25 heteroatoms. The van der Waals surface area contributed by atoms with E-state index >= 15 is 0 Å². The topological polar surface area (TPSA) is 327 Å². The molecule has 0 radical (unpaired) electrons.